The molecule has 0 radical (unpaired) electrons. The van der Waals surface area contributed by atoms with Gasteiger partial charge in [0.1, 0.15) is 0 Å². The summed E-state index contributed by atoms with van der Waals surface area (Å²) in [5, 5.41) is 7.71. The molecule has 0 aromatic carbocycles. The lowest BCUT2D eigenvalue weighted by molar-refractivity contribution is 0.277. The van der Waals surface area contributed by atoms with Gasteiger partial charge in [0.15, 0.2) is 0 Å². The molecular formula is C12H23N. The van der Waals surface area contributed by atoms with Gasteiger partial charge in [0.25, 0.3) is 0 Å². The Morgan fingerprint density at radius 3 is 2.54 bits per heavy atom. The van der Waals surface area contributed by atoms with Gasteiger partial charge in [-0.25, -0.2) is 0 Å². The molecule has 2 unspecified atom stereocenters. The van der Waals surface area contributed by atoms with E-state index < -0.39 is 0 Å². The Hall–Kier alpha value is -0.330. The highest BCUT2D eigenvalue weighted by atomic mass is 14.4. The molecule has 0 aliphatic heterocycles. The molecule has 0 spiro atoms. The first-order valence-electron chi connectivity index (χ1n) is 5.46. The van der Waals surface area contributed by atoms with Crippen molar-refractivity contribution in [1.82, 2.24) is 0 Å². The zero-order chi connectivity index (χ0) is 10.1. The smallest absolute Gasteiger partial charge is 0.00892 e. The maximum absolute atomic E-state index is 7.71. The molecule has 1 heteroatoms. The third kappa shape index (κ3) is 3.13. The highest BCUT2D eigenvalue weighted by molar-refractivity contribution is 5.81. The van der Waals surface area contributed by atoms with Gasteiger partial charge in [-0.1, -0.05) is 20.8 Å². The van der Waals surface area contributed by atoms with Crippen LogP contribution in [0.1, 0.15) is 53.4 Å². The number of nitrogens with one attached hydrogen (secondary N) is 1. The van der Waals surface area contributed by atoms with Crippen LogP contribution in [0.3, 0.4) is 0 Å². The Kier molecular flexibility index (Phi) is 3.15. The third-order valence-electron chi connectivity index (χ3n) is 3.37. The molecule has 0 saturated heterocycles. The van der Waals surface area contributed by atoms with Gasteiger partial charge in [-0.3, -0.25) is 0 Å². The van der Waals surface area contributed by atoms with Crippen LogP contribution in [0.15, 0.2) is 0 Å². The third-order valence-corrected chi connectivity index (χ3v) is 3.37. The fourth-order valence-electron chi connectivity index (χ4n) is 2.69. The molecule has 0 amide bonds. The van der Waals surface area contributed by atoms with E-state index in [0.717, 1.165) is 11.6 Å². The maximum atomic E-state index is 7.71. The van der Waals surface area contributed by atoms with Crippen LogP contribution in [-0.2, 0) is 0 Å². The van der Waals surface area contributed by atoms with Crippen molar-refractivity contribution in [3.63, 3.8) is 0 Å². The summed E-state index contributed by atoms with van der Waals surface area (Å²) in [5.41, 5.74) is 1.40. The topological polar surface area (TPSA) is 23.9 Å². The number of hydrogen-bond donors (Lipinski definition) is 1. The summed E-state index contributed by atoms with van der Waals surface area (Å²) in [5.74, 6) is 1.36. The van der Waals surface area contributed by atoms with E-state index in [9.17, 15) is 0 Å². The van der Waals surface area contributed by atoms with E-state index in [1.54, 1.807) is 0 Å². The van der Waals surface area contributed by atoms with E-state index in [-0.39, 0.29) is 0 Å². The molecule has 0 aromatic heterocycles. The predicted molar refractivity (Wildman–Crippen MR) is 58.3 cm³/mol. The second-order valence-electron chi connectivity index (χ2n) is 5.63. The Labute approximate surface area is 82.4 Å². The lowest BCUT2D eigenvalue weighted by atomic mass is 9.82. The van der Waals surface area contributed by atoms with Gasteiger partial charge in [-0.15, -0.1) is 0 Å². The molecule has 0 aromatic rings. The molecular weight excluding hydrogens is 158 g/mol. The lowest BCUT2D eigenvalue weighted by Crippen LogP contribution is -2.12. The summed E-state index contributed by atoms with van der Waals surface area (Å²) >= 11 is 0. The molecule has 1 nitrogen and oxygen atoms in total. The van der Waals surface area contributed by atoms with Gasteiger partial charge in [-0.2, -0.15) is 0 Å². The molecule has 2 atom stereocenters. The first-order chi connectivity index (χ1) is 5.91. The van der Waals surface area contributed by atoms with Crippen molar-refractivity contribution in [2.45, 2.75) is 53.4 Å². The summed E-state index contributed by atoms with van der Waals surface area (Å²) in [7, 11) is 0. The quantitative estimate of drug-likeness (QED) is 0.469. The minimum absolute atomic E-state index is 0.504. The second-order valence-corrected chi connectivity index (χ2v) is 5.63. The van der Waals surface area contributed by atoms with E-state index in [0.29, 0.717) is 11.3 Å². The van der Waals surface area contributed by atoms with Crippen LogP contribution in [0, 0.1) is 22.7 Å². The fourth-order valence-corrected chi connectivity index (χ4v) is 2.69. The maximum Gasteiger partial charge on any atom is 0.00892 e. The van der Waals surface area contributed by atoms with Crippen LogP contribution in [-0.4, -0.2) is 5.71 Å². The lowest BCUT2D eigenvalue weighted by Gasteiger charge is -2.24. The zero-order valence-corrected chi connectivity index (χ0v) is 9.48. The summed E-state index contributed by atoms with van der Waals surface area (Å²) in [4.78, 5) is 0. The second kappa shape index (κ2) is 3.81. The summed E-state index contributed by atoms with van der Waals surface area (Å²) in [6, 6.07) is 0. The standard InChI is InChI=1S/C12H23N/c1-9-7-11(10(2)13)5-6-12(3,4)8-9/h9,11,13H,5-8H2,1-4H3. The first kappa shape index (κ1) is 10.7. The Bertz CT molecular complexity index is 193. The van der Waals surface area contributed by atoms with Crippen LogP contribution >= 0.6 is 0 Å². The Balaban J connectivity index is 2.63. The molecule has 13 heavy (non-hydrogen) atoms. The van der Waals surface area contributed by atoms with Crippen LogP contribution in [0.25, 0.3) is 0 Å². The van der Waals surface area contributed by atoms with Gasteiger partial charge in [0, 0.05) is 5.71 Å². The Morgan fingerprint density at radius 1 is 1.38 bits per heavy atom. The van der Waals surface area contributed by atoms with Crippen molar-refractivity contribution in [1.29, 1.82) is 5.41 Å². The minimum atomic E-state index is 0.504. The highest BCUT2D eigenvalue weighted by Gasteiger charge is 2.28. The van der Waals surface area contributed by atoms with Gasteiger partial charge in [0.2, 0.25) is 0 Å². The van der Waals surface area contributed by atoms with E-state index in [4.69, 9.17) is 5.41 Å². The molecule has 1 N–H and O–H groups in total. The van der Waals surface area contributed by atoms with E-state index in [1.807, 2.05) is 6.92 Å². The molecule has 1 aliphatic carbocycles. The molecule has 1 aliphatic rings. The van der Waals surface area contributed by atoms with Crippen LogP contribution in [0.5, 0.6) is 0 Å². The largest absolute Gasteiger partial charge is 0.310 e. The van der Waals surface area contributed by atoms with Crippen molar-refractivity contribution in [2.75, 3.05) is 0 Å². The van der Waals surface area contributed by atoms with Crippen molar-refractivity contribution in [3.05, 3.63) is 0 Å². The predicted octanol–water partition coefficient (Wildman–Crippen LogP) is 3.88. The van der Waals surface area contributed by atoms with Crippen LogP contribution < -0.4 is 0 Å². The number of rotatable bonds is 1. The molecule has 1 rings (SSSR count). The molecule has 0 heterocycles. The number of hydrogen-bond acceptors (Lipinski definition) is 1. The summed E-state index contributed by atoms with van der Waals surface area (Å²) in [6.07, 6.45) is 5.08. The minimum Gasteiger partial charge on any atom is -0.310 e. The normalized spacial score (nSPS) is 33.8. The van der Waals surface area contributed by atoms with Crippen molar-refractivity contribution in [2.24, 2.45) is 17.3 Å². The van der Waals surface area contributed by atoms with Crippen LogP contribution in [0.2, 0.25) is 0 Å². The van der Waals surface area contributed by atoms with Gasteiger partial charge >= 0.3 is 0 Å². The van der Waals surface area contributed by atoms with Crippen LogP contribution in [0.4, 0.5) is 0 Å². The molecule has 76 valence electrons. The monoisotopic (exact) mass is 181 g/mol. The highest BCUT2D eigenvalue weighted by Crippen LogP contribution is 2.39. The molecule has 1 fully saturated rings. The van der Waals surface area contributed by atoms with Crippen molar-refractivity contribution >= 4 is 5.71 Å². The summed E-state index contributed by atoms with van der Waals surface area (Å²) in [6.45, 7) is 9.04. The average molecular weight is 181 g/mol. The van der Waals surface area contributed by atoms with E-state index in [1.165, 1.54) is 25.7 Å². The summed E-state index contributed by atoms with van der Waals surface area (Å²) < 4.78 is 0. The van der Waals surface area contributed by atoms with E-state index in [2.05, 4.69) is 20.8 Å². The Morgan fingerprint density at radius 2 is 2.00 bits per heavy atom. The zero-order valence-electron chi connectivity index (χ0n) is 9.48. The van der Waals surface area contributed by atoms with E-state index >= 15 is 0 Å². The fraction of sp³-hybridized carbons (Fsp3) is 0.917. The molecule has 0 bridgehead atoms. The SMILES string of the molecule is CC(=N)C1CCC(C)(C)CC(C)C1. The average Bonchev–Trinajstić information content (AvgIpc) is 2.07. The van der Waals surface area contributed by atoms with Gasteiger partial charge < -0.3 is 5.41 Å². The van der Waals surface area contributed by atoms with Gasteiger partial charge in [-0.05, 0) is 49.9 Å². The van der Waals surface area contributed by atoms with Crippen molar-refractivity contribution in [3.8, 4) is 0 Å². The molecule has 1 saturated carbocycles. The van der Waals surface area contributed by atoms with Gasteiger partial charge in [0.05, 0.1) is 0 Å². The first-order valence-corrected chi connectivity index (χ1v) is 5.46. The van der Waals surface area contributed by atoms with Crippen molar-refractivity contribution < 1.29 is 0 Å².